The number of rotatable bonds is 3. The fourth-order valence-electron chi connectivity index (χ4n) is 2.28. The first-order valence-corrected chi connectivity index (χ1v) is 5.73. The van der Waals surface area contributed by atoms with Crippen LogP contribution >= 0.6 is 0 Å². The molecule has 2 unspecified atom stereocenters. The Morgan fingerprint density at radius 1 is 1.47 bits per heavy atom. The van der Waals surface area contributed by atoms with Crippen molar-refractivity contribution in [1.29, 1.82) is 5.26 Å². The number of hydrogen-bond acceptors (Lipinski definition) is 3. The first-order chi connectivity index (χ1) is 8.24. The van der Waals surface area contributed by atoms with Crippen LogP contribution in [0.4, 0.5) is 10.1 Å². The SMILES string of the molecule is COC1CCCC1Nc1ccc(C#N)c(F)c1. The summed E-state index contributed by atoms with van der Waals surface area (Å²) in [4.78, 5) is 0. The monoisotopic (exact) mass is 234 g/mol. The fraction of sp³-hybridized carbons (Fsp3) is 0.462. The van der Waals surface area contributed by atoms with E-state index in [2.05, 4.69) is 5.32 Å². The van der Waals surface area contributed by atoms with E-state index >= 15 is 0 Å². The van der Waals surface area contributed by atoms with Gasteiger partial charge in [0.1, 0.15) is 11.9 Å². The average Bonchev–Trinajstić information content (AvgIpc) is 2.76. The molecule has 1 aliphatic carbocycles. The van der Waals surface area contributed by atoms with Crippen molar-refractivity contribution in [3.05, 3.63) is 29.6 Å². The zero-order valence-corrected chi connectivity index (χ0v) is 9.74. The van der Waals surface area contributed by atoms with Gasteiger partial charge in [0.2, 0.25) is 0 Å². The molecular formula is C13H15FN2O. The maximum atomic E-state index is 13.4. The largest absolute Gasteiger partial charge is 0.380 e. The molecule has 1 N–H and O–H groups in total. The number of halogens is 1. The minimum atomic E-state index is -0.482. The van der Waals surface area contributed by atoms with E-state index in [-0.39, 0.29) is 17.7 Å². The molecule has 4 heteroatoms. The second-order valence-electron chi connectivity index (χ2n) is 4.26. The summed E-state index contributed by atoms with van der Waals surface area (Å²) in [6.45, 7) is 0. The van der Waals surface area contributed by atoms with Crippen molar-refractivity contribution in [3.63, 3.8) is 0 Å². The van der Waals surface area contributed by atoms with Gasteiger partial charge in [-0.2, -0.15) is 5.26 Å². The molecule has 0 amide bonds. The van der Waals surface area contributed by atoms with Gasteiger partial charge in [-0.3, -0.25) is 0 Å². The van der Waals surface area contributed by atoms with Crippen LogP contribution in [0.15, 0.2) is 18.2 Å². The van der Waals surface area contributed by atoms with Gasteiger partial charge in [-0.15, -0.1) is 0 Å². The van der Waals surface area contributed by atoms with E-state index in [1.54, 1.807) is 13.2 Å². The molecule has 0 saturated heterocycles. The Bertz CT molecular complexity index is 442. The molecule has 1 fully saturated rings. The maximum absolute atomic E-state index is 13.4. The molecule has 1 saturated carbocycles. The van der Waals surface area contributed by atoms with E-state index < -0.39 is 5.82 Å². The average molecular weight is 234 g/mol. The molecule has 0 aromatic heterocycles. The second-order valence-corrected chi connectivity index (χ2v) is 4.26. The first-order valence-electron chi connectivity index (χ1n) is 5.73. The van der Waals surface area contributed by atoms with Gasteiger partial charge in [-0.25, -0.2) is 4.39 Å². The van der Waals surface area contributed by atoms with E-state index in [1.807, 2.05) is 6.07 Å². The van der Waals surface area contributed by atoms with Crippen LogP contribution in [0, 0.1) is 17.1 Å². The number of methoxy groups -OCH3 is 1. The van der Waals surface area contributed by atoms with Crippen LogP contribution in [0.3, 0.4) is 0 Å². The quantitative estimate of drug-likeness (QED) is 0.874. The van der Waals surface area contributed by atoms with Gasteiger partial charge < -0.3 is 10.1 Å². The lowest BCUT2D eigenvalue weighted by Gasteiger charge is -2.20. The summed E-state index contributed by atoms with van der Waals surface area (Å²) in [5, 5.41) is 11.9. The molecule has 0 heterocycles. The standard InChI is InChI=1S/C13H15FN2O/c1-17-13-4-2-3-12(13)16-10-6-5-9(8-15)11(14)7-10/h5-7,12-13,16H,2-4H2,1H3. The summed E-state index contributed by atoms with van der Waals surface area (Å²) in [6.07, 6.45) is 3.37. The minimum Gasteiger partial charge on any atom is -0.380 e. The number of nitrogens with one attached hydrogen (secondary N) is 1. The Hall–Kier alpha value is -1.60. The summed E-state index contributed by atoms with van der Waals surface area (Å²) in [7, 11) is 1.70. The van der Waals surface area contributed by atoms with Crippen molar-refractivity contribution in [2.45, 2.75) is 31.4 Å². The number of anilines is 1. The topological polar surface area (TPSA) is 45.0 Å². The Balaban J connectivity index is 2.09. The summed E-state index contributed by atoms with van der Waals surface area (Å²) < 4.78 is 18.8. The lowest BCUT2D eigenvalue weighted by molar-refractivity contribution is 0.101. The lowest BCUT2D eigenvalue weighted by atomic mass is 10.1. The summed E-state index contributed by atoms with van der Waals surface area (Å²) >= 11 is 0. The molecule has 0 aliphatic heterocycles. The molecule has 2 rings (SSSR count). The van der Waals surface area contributed by atoms with Crippen molar-refractivity contribution in [1.82, 2.24) is 0 Å². The van der Waals surface area contributed by atoms with E-state index in [9.17, 15) is 4.39 Å². The molecular weight excluding hydrogens is 219 g/mol. The predicted molar refractivity (Wildman–Crippen MR) is 63.2 cm³/mol. The number of ether oxygens (including phenoxy) is 1. The van der Waals surface area contributed by atoms with Crippen molar-refractivity contribution >= 4 is 5.69 Å². The highest BCUT2D eigenvalue weighted by Gasteiger charge is 2.26. The highest BCUT2D eigenvalue weighted by atomic mass is 19.1. The summed E-state index contributed by atoms with van der Waals surface area (Å²) in [5.74, 6) is -0.482. The van der Waals surface area contributed by atoms with Gasteiger partial charge in [0.05, 0.1) is 17.7 Å². The van der Waals surface area contributed by atoms with Crippen molar-refractivity contribution in [2.24, 2.45) is 0 Å². The first kappa shape index (κ1) is 11.9. The third-order valence-corrected chi connectivity index (χ3v) is 3.20. The smallest absolute Gasteiger partial charge is 0.143 e. The minimum absolute atomic E-state index is 0.0743. The number of benzene rings is 1. The van der Waals surface area contributed by atoms with Gasteiger partial charge in [-0.1, -0.05) is 0 Å². The maximum Gasteiger partial charge on any atom is 0.143 e. The van der Waals surface area contributed by atoms with Crippen molar-refractivity contribution in [2.75, 3.05) is 12.4 Å². The van der Waals surface area contributed by atoms with Crippen LogP contribution in [0.25, 0.3) is 0 Å². The van der Waals surface area contributed by atoms with Gasteiger partial charge in [0.25, 0.3) is 0 Å². The van der Waals surface area contributed by atoms with Crippen molar-refractivity contribution < 1.29 is 9.13 Å². The second kappa shape index (κ2) is 5.15. The van der Waals surface area contributed by atoms with Gasteiger partial charge in [-0.05, 0) is 37.5 Å². The number of nitrogens with zero attached hydrogens (tertiary/aromatic N) is 1. The molecule has 17 heavy (non-hydrogen) atoms. The zero-order valence-electron chi connectivity index (χ0n) is 9.74. The normalized spacial score (nSPS) is 23.4. The Morgan fingerprint density at radius 2 is 2.29 bits per heavy atom. The molecule has 2 atom stereocenters. The highest BCUT2D eigenvalue weighted by molar-refractivity contribution is 5.49. The third-order valence-electron chi connectivity index (χ3n) is 3.20. The number of nitriles is 1. The molecule has 0 spiro atoms. The lowest BCUT2D eigenvalue weighted by Crippen LogP contribution is -2.29. The molecule has 1 aliphatic rings. The van der Waals surface area contributed by atoms with E-state index in [4.69, 9.17) is 10.00 Å². The van der Waals surface area contributed by atoms with Crippen LogP contribution in [-0.4, -0.2) is 19.3 Å². The van der Waals surface area contributed by atoms with Crippen LogP contribution in [0.2, 0.25) is 0 Å². The van der Waals surface area contributed by atoms with E-state index in [0.717, 1.165) is 19.3 Å². The molecule has 90 valence electrons. The Labute approximate surface area is 100 Å². The van der Waals surface area contributed by atoms with Crippen LogP contribution < -0.4 is 5.32 Å². The Morgan fingerprint density at radius 3 is 2.94 bits per heavy atom. The van der Waals surface area contributed by atoms with Crippen LogP contribution in [-0.2, 0) is 4.74 Å². The van der Waals surface area contributed by atoms with Crippen LogP contribution in [0.1, 0.15) is 24.8 Å². The predicted octanol–water partition coefficient (Wildman–Crippen LogP) is 2.68. The zero-order chi connectivity index (χ0) is 12.3. The van der Waals surface area contributed by atoms with Gasteiger partial charge in [0.15, 0.2) is 0 Å². The van der Waals surface area contributed by atoms with Crippen molar-refractivity contribution in [3.8, 4) is 6.07 Å². The molecule has 0 radical (unpaired) electrons. The van der Waals surface area contributed by atoms with E-state index in [1.165, 1.54) is 12.1 Å². The van der Waals surface area contributed by atoms with Gasteiger partial charge in [0, 0.05) is 12.8 Å². The molecule has 1 aromatic rings. The van der Waals surface area contributed by atoms with Crippen LogP contribution in [0.5, 0.6) is 0 Å². The molecule has 3 nitrogen and oxygen atoms in total. The fourth-order valence-corrected chi connectivity index (χ4v) is 2.28. The molecule has 0 bridgehead atoms. The third kappa shape index (κ3) is 2.56. The summed E-state index contributed by atoms with van der Waals surface area (Å²) in [6, 6.07) is 6.63. The summed E-state index contributed by atoms with van der Waals surface area (Å²) in [5.41, 5.74) is 0.778. The van der Waals surface area contributed by atoms with Gasteiger partial charge >= 0.3 is 0 Å². The molecule has 1 aromatic carbocycles. The Kier molecular flexibility index (Phi) is 3.60. The number of hydrogen-bond donors (Lipinski definition) is 1. The highest BCUT2D eigenvalue weighted by Crippen LogP contribution is 2.25. The van der Waals surface area contributed by atoms with E-state index in [0.29, 0.717) is 5.69 Å².